The largest absolute Gasteiger partial charge is 0.323 e. The summed E-state index contributed by atoms with van der Waals surface area (Å²) in [4.78, 5) is 0.674. The van der Waals surface area contributed by atoms with Crippen LogP contribution in [0, 0.1) is 0 Å². The van der Waals surface area contributed by atoms with Gasteiger partial charge >= 0.3 is 0 Å². The summed E-state index contributed by atoms with van der Waals surface area (Å²) in [5, 5.41) is 0.762. The number of fused-ring (bicyclic) bond motifs is 1. The van der Waals surface area contributed by atoms with Crippen LogP contribution in [0.2, 0.25) is 10.0 Å². The number of rotatable bonds is 2. The van der Waals surface area contributed by atoms with E-state index in [9.17, 15) is 4.21 Å². The van der Waals surface area contributed by atoms with Gasteiger partial charge in [0.25, 0.3) is 0 Å². The molecule has 1 aliphatic rings. The van der Waals surface area contributed by atoms with E-state index in [4.69, 9.17) is 28.9 Å². The minimum absolute atomic E-state index is 0.121. The average molecular weight is 326 g/mol. The van der Waals surface area contributed by atoms with Gasteiger partial charge in [0.15, 0.2) is 0 Å². The van der Waals surface area contributed by atoms with Crippen LogP contribution in [-0.2, 0) is 17.2 Å². The van der Waals surface area contributed by atoms with Crippen molar-refractivity contribution in [1.82, 2.24) is 0 Å². The minimum atomic E-state index is -1.20. The van der Waals surface area contributed by atoms with E-state index in [-0.39, 0.29) is 11.3 Å². The molecule has 3 atom stereocenters. The first kappa shape index (κ1) is 14.1. The van der Waals surface area contributed by atoms with Crippen molar-refractivity contribution in [2.45, 2.75) is 22.6 Å². The highest BCUT2D eigenvalue weighted by Gasteiger charge is 2.34. The van der Waals surface area contributed by atoms with E-state index in [0.717, 1.165) is 12.0 Å². The Balaban J connectivity index is 1.91. The minimum Gasteiger partial charge on any atom is -0.323 e. The molecule has 20 heavy (non-hydrogen) atoms. The van der Waals surface area contributed by atoms with Gasteiger partial charge in [0.2, 0.25) is 0 Å². The molecule has 0 aromatic heterocycles. The van der Waals surface area contributed by atoms with Gasteiger partial charge in [-0.3, -0.25) is 4.21 Å². The van der Waals surface area contributed by atoms with Crippen molar-refractivity contribution in [2.24, 2.45) is 5.73 Å². The zero-order valence-corrected chi connectivity index (χ0v) is 12.9. The van der Waals surface area contributed by atoms with Crippen LogP contribution in [0.1, 0.15) is 17.2 Å². The van der Waals surface area contributed by atoms with Gasteiger partial charge < -0.3 is 5.73 Å². The lowest BCUT2D eigenvalue weighted by atomic mass is 10.1. The zero-order valence-electron chi connectivity index (χ0n) is 10.6. The second kappa shape index (κ2) is 5.49. The van der Waals surface area contributed by atoms with Crippen LogP contribution < -0.4 is 5.73 Å². The first-order valence-electron chi connectivity index (χ1n) is 6.27. The monoisotopic (exact) mass is 325 g/mol. The normalized spacial score (nSPS) is 22.6. The Morgan fingerprint density at radius 2 is 1.85 bits per heavy atom. The lowest BCUT2D eigenvalue weighted by Gasteiger charge is -2.16. The smallest absolute Gasteiger partial charge is 0.0627 e. The second-order valence-corrected chi connectivity index (χ2v) is 7.33. The summed E-state index contributed by atoms with van der Waals surface area (Å²) in [5.74, 6) is 0. The molecule has 104 valence electrons. The fourth-order valence-corrected chi connectivity index (χ4v) is 4.47. The first-order valence-corrected chi connectivity index (χ1v) is 8.24. The highest BCUT2D eigenvalue weighted by Crippen LogP contribution is 2.35. The maximum absolute atomic E-state index is 12.7. The second-order valence-electron chi connectivity index (χ2n) is 4.84. The van der Waals surface area contributed by atoms with Gasteiger partial charge in [-0.05, 0) is 35.7 Å². The highest BCUT2D eigenvalue weighted by molar-refractivity contribution is 7.85. The molecule has 2 aromatic rings. The molecule has 0 spiro atoms. The van der Waals surface area contributed by atoms with Crippen molar-refractivity contribution in [1.29, 1.82) is 0 Å². The van der Waals surface area contributed by atoms with Crippen molar-refractivity contribution in [3.63, 3.8) is 0 Å². The number of nitrogens with two attached hydrogens (primary N) is 1. The summed E-state index contributed by atoms with van der Waals surface area (Å²) in [5.41, 5.74) is 8.51. The van der Waals surface area contributed by atoms with Gasteiger partial charge in [-0.2, -0.15) is 0 Å². The van der Waals surface area contributed by atoms with Crippen molar-refractivity contribution in [3.8, 4) is 0 Å². The van der Waals surface area contributed by atoms with Crippen LogP contribution in [-0.4, -0.2) is 9.46 Å². The van der Waals surface area contributed by atoms with Crippen LogP contribution in [0.3, 0.4) is 0 Å². The predicted octanol–water partition coefficient (Wildman–Crippen LogP) is 3.73. The van der Waals surface area contributed by atoms with Crippen LogP contribution in [0.5, 0.6) is 0 Å². The summed E-state index contributed by atoms with van der Waals surface area (Å²) in [6.07, 6.45) is 0.726. The predicted molar refractivity (Wildman–Crippen MR) is 83.7 cm³/mol. The molecule has 0 saturated carbocycles. The van der Waals surface area contributed by atoms with E-state index in [1.54, 1.807) is 18.2 Å². The summed E-state index contributed by atoms with van der Waals surface area (Å²) >= 11 is 11.9. The Bertz CT molecular complexity index is 689. The van der Waals surface area contributed by atoms with E-state index in [1.165, 1.54) is 5.56 Å². The Labute approximate surface area is 130 Å². The summed E-state index contributed by atoms with van der Waals surface area (Å²) in [7, 11) is -1.20. The molecule has 2 nitrogen and oxygen atoms in total. The molecular formula is C15H13Cl2NOS. The van der Waals surface area contributed by atoms with Gasteiger partial charge in [0.1, 0.15) is 0 Å². The van der Waals surface area contributed by atoms with Crippen LogP contribution in [0.15, 0.2) is 47.4 Å². The molecule has 1 aliphatic carbocycles. The van der Waals surface area contributed by atoms with Crippen molar-refractivity contribution in [2.75, 3.05) is 0 Å². The fourth-order valence-electron chi connectivity index (χ4n) is 2.57. The molecule has 2 N–H and O–H groups in total. The molecule has 0 saturated heterocycles. The number of halogens is 2. The van der Waals surface area contributed by atoms with E-state index >= 15 is 0 Å². The molecule has 0 fully saturated rings. The van der Waals surface area contributed by atoms with E-state index < -0.39 is 10.8 Å². The van der Waals surface area contributed by atoms with Gasteiger partial charge in [-0.15, -0.1) is 0 Å². The third-order valence-corrected chi connectivity index (χ3v) is 6.10. The molecule has 0 aliphatic heterocycles. The quantitative estimate of drug-likeness (QED) is 0.914. The summed E-state index contributed by atoms with van der Waals surface area (Å²) in [6, 6.07) is 12.9. The van der Waals surface area contributed by atoms with Gasteiger partial charge in [-0.25, -0.2) is 0 Å². The Morgan fingerprint density at radius 3 is 2.55 bits per heavy atom. The zero-order chi connectivity index (χ0) is 14.3. The third kappa shape index (κ3) is 2.40. The standard InChI is InChI=1S/C15H13Cl2NOS/c16-12-6-5-10(8-13(12)17)20(19)14-7-9-3-1-2-4-11(9)15(14)18/h1-6,8,14-15H,7,18H2. The summed E-state index contributed by atoms with van der Waals surface area (Å²) in [6.45, 7) is 0. The van der Waals surface area contributed by atoms with Crippen molar-refractivity contribution >= 4 is 34.0 Å². The van der Waals surface area contributed by atoms with E-state index in [1.807, 2.05) is 24.3 Å². The topological polar surface area (TPSA) is 43.1 Å². The molecule has 5 heteroatoms. The number of hydrogen-bond acceptors (Lipinski definition) is 2. The van der Waals surface area contributed by atoms with Crippen molar-refractivity contribution < 1.29 is 4.21 Å². The Morgan fingerprint density at radius 1 is 1.10 bits per heavy atom. The molecule has 0 radical (unpaired) electrons. The maximum Gasteiger partial charge on any atom is 0.0627 e. The lowest BCUT2D eigenvalue weighted by Crippen LogP contribution is -2.26. The SMILES string of the molecule is NC1c2ccccc2CC1S(=O)c1ccc(Cl)c(Cl)c1. The van der Waals surface area contributed by atoms with Crippen molar-refractivity contribution in [3.05, 3.63) is 63.6 Å². The molecule has 3 rings (SSSR count). The van der Waals surface area contributed by atoms with E-state index in [0.29, 0.717) is 14.9 Å². The highest BCUT2D eigenvalue weighted by atomic mass is 35.5. The molecule has 0 amide bonds. The molecule has 2 aromatic carbocycles. The number of hydrogen-bond donors (Lipinski definition) is 1. The Kier molecular flexibility index (Phi) is 3.87. The average Bonchev–Trinajstić information content (AvgIpc) is 2.79. The van der Waals surface area contributed by atoms with Crippen LogP contribution in [0.4, 0.5) is 0 Å². The van der Waals surface area contributed by atoms with E-state index in [2.05, 4.69) is 0 Å². The molecule has 3 unspecified atom stereocenters. The van der Waals surface area contributed by atoms with Crippen LogP contribution >= 0.6 is 23.2 Å². The Hall–Kier alpha value is -0.870. The molecule has 0 bridgehead atoms. The fraction of sp³-hybridized carbons (Fsp3) is 0.200. The van der Waals surface area contributed by atoms with Crippen LogP contribution in [0.25, 0.3) is 0 Å². The van der Waals surface area contributed by atoms with Gasteiger partial charge in [0.05, 0.1) is 26.1 Å². The third-order valence-electron chi connectivity index (χ3n) is 3.63. The molecule has 0 heterocycles. The lowest BCUT2D eigenvalue weighted by molar-refractivity contribution is 0.646. The van der Waals surface area contributed by atoms with Gasteiger partial charge in [0, 0.05) is 10.9 Å². The van der Waals surface area contributed by atoms with Gasteiger partial charge in [-0.1, -0.05) is 47.5 Å². The summed E-state index contributed by atoms with van der Waals surface area (Å²) < 4.78 is 12.7. The molecular weight excluding hydrogens is 313 g/mol. The first-order chi connectivity index (χ1) is 9.58. The maximum atomic E-state index is 12.7. The number of benzene rings is 2.